The van der Waals surface area contributed by atoms with E-state index in [1.807, 2.05) is 28.2 Å². The van der Waals surface area contributed by atoms with E-state index in [2.05, 4.69) is 36.9 Å². The lowest BCUT2D eigenvalue weighted by molar-refractivity contribution is 0.686. The summed E-state index contributed by atoms with van der Waals surface area (Å²) in [4.78, 5) is 6.83. The molecule has 0 aliphatic carbocycles. The molecule has 2 heterocycles. The van der Waals surface area contributed by atoms with Crippen LogP contribution in [0.1, 0.15) is 27.8 Å². The average molecular weight is 332 g/mol. The smallest absolute Gasteiger partial charge is 0.137 e. The van der Waals surface area contributed by atoms with Crippen LogP contribution in [-0.2, 0) is 13.0 Å². The summed E-state index contributed by atoms with van der Waals surface area (Å²) in [5.74, 6) is 0. The number of nitrogens with zero attached hydrogens (tertiary/aromatic N) is 3. The highest BCUT2D eigenvalue weighted by atomic mass is 35.5. The van der Waals surface area contributed by atoms with Gasteiger partial charge in [0.2, 0.25) is 0 Å². The molecule has 0 amide bonds. The predicted octanol–water partition coefficient (Wildman–Crippen LogP) is 4.89. The molecular weight excluding hydrogens is 314 g/mol. The van der Waals surface area contributed by atoms with Gasteiger partial charge in [0.15, 0.2) is 0 Å². The van der Waals surface area contributed by atoms with Crippen LogP contribution < -0.4 is 0 Å². The molecule has 0 N–H and O–H groups in total. The van der Waals surface area contributed by atoms with Gasteiger partial charge in [-0.3, -0.25) is 0 Å². The Kier molecular flexibility index (Phi) is 4.32. The van der Waals surface area contributed by atoms with Crippen LogP contribution in [0.2, 0.25) is 5.02 Å². The predicted molar refractivity (Wildman–Crippen MR) is 92.7 cm³/mol. The van der Waals surface area contributed by atoms with Crippen molar-refractivity contribution in [2.24, 2.45) is 0 Å². The molecule has 0 spiro atoms. The molecule has 0 bridgehead atoms. The van der Waals surface area contributed by atoms with E-state index in [4.69, 9.17) is 11.6 Å². The molecule has 5 heteroatoms. The first kappa shape index (κ1) is 15.3. The third kappa shape index (κ3) is 2.81. The van der Waals surface area contributed by atoms with Crippen LogP contribution in [0.25, 0.3) is 11.1 Å². The van der Waals surface area contributed by atoms with Crippen LogP contribution in [0, 0.1) is 13.8 Å². The Labute approximate surface area is 139 Å². The summed E-state index contributed by atoms with van der Waals surface area (Å²) >= 11 is 8.11. The van der Waals surface area contributed by atoms with Crippen molar-refractivity contribution >= 4 is 22.9 Å². The Morgan fingerprint density at radius 2 is 2.09 bits per heavy atom. The molecule has 0 saturated heterocycles. The van der Waals surface area contributed by atoms with E-state index in [9.17, 15) is 0 Å². The first-order valence-electron chi connectivity index (χ1n) is 7.30. The van der Waals surface area contributed by atoms with Gasteiger partial charge in [0.25, 0.3) is 0 Å². The number of aryl methyl sites for hydroxylation is 2. The first-order chi connectivity index (χ1) is 10.6. The molecule has 3 rings (SSSR count). The zero-order chi connectivity index (χ0) is 15.7. The lowest BCUT2D eigenvalue weighted by Crippen LogP contribution is -2.02. The van der Waals surface area contributed by atoms with Gasteiger partial charge in [0, 0.05) is 14.8 Å². The summed E-state index contributed by atoms with van der Waals surface area (Å²) in [7, 11) is 0. The fourth-order valence-electron chi connectivity index (χ4n) is 2.72. The van der Waals surface area contributed by atoms with Gasteiger partial charge in [-0.05, 0) is 54.7 Å². The van der Waals surface area contributed by atoms with Gasteiger partial charge in [-0.25, -0.2) is 9.67 Å². The van der Waals surface area contributed by atoms with E-state index in [1.54, 1.807) is 12.7 Å². The molecule has 2 aromatic heterocycles. The molecule has 1 aromatic carbocycles. The molecule has 0 aliphatic rings. The minimum atomic E-state index is 0.674. The molecule has 114 valence electrons. The highest BCUT2D eigenvalue weighted by Gasteiger charge is 2.16. The zero-order valence-corrected chi connectivity index (χ0v) is 14.5. The van der Waals surface area contributed by atoms with Crippen molar-refractivity contribution in [3.8, 4) is 11.1 Å². The van der Waals surface area contributed by atoms with E-state index in [1.165, 1.54) is 32.0 Å². The largest absolute Gasteiger partial charge is 0.249 e. The molecule has 0 atom stereocenters. The average Bonchev–Trinajstić information content (AvgIpc) is 3.09. The first-order valence-corrected chi connectivity index (χ1v) is 8.49. The van der Waals surface area contributed by atoms with Gasteiger partial charge in [-0.1, -0.05) is 24.6 Å². The maximum absolute atomic E-state index is 6.22. The van der Waals surface area contributed by atoms with E-state index in [0.29, 0.717) is 6.54 Å². The van der Waals surface area contributed by atoms with Crippen LogP contribution in [0.15, 0.2) is 30.9 Å². The molecule has 0 fully saturated rings. The number of thiophene rings is 1. The summed E-state index contributed by atoms with van der Waals surface area (Å²) in [6.07, 6.45) is 4.33. The van der Waals surface area contributed by atoms with E-state index >= 15 is 0 Å². The summed E-state index contributed by atoms with van der Waals surface area (Å²) in [5.41, 5.74) is 5.15. The Hall–Kier alpha value is -1.65. The van der Waals surface area contributed by atoms with Crippen molar-refractivity contribution in [1.82, 2.24) is 14.8 Å². The number of hydrogen-bond donors (Lipinski definition) is 0. The van der Waals surface area contributed by atoms with Crippen LogP contribution in [0.5, 0.6) is 0 Å². The third-order valence-corrected chi connectivity index (χ3v) is 5.50. The lowest BCUT2D eigenvalue weighted by atomic mass is 9.95. The highest BCUT2D eigenvalue weighted by molar-refractivity contribution is 7.12. The fraction of sp³-hybridized carbons (Fsp3) is 0.294. The van der Waals surface area contributed by atoms with Crippen LogP contribution >= 0.6 is 22.9 Å². The monoisotopic (exact) mass is 331 g/mol. The Bertz CT molecular complexity index is 791. The van der Waals surface area contributed by atoms with E-state index in [0.717, 1.165) is 11.4 Å². The van der Waals surface area contributed by atoms with Crippen molar-refractivity contribution in [3.05, 3.63) is 56.8 Å². The van der Waals surface area contributed by atoms with Gasteiger partial charge in [-0.15, -0.1) is 11.3 Å². The Morgan fingerprint density at radius 3 is 2.77 bits per heavy atom. The van der Waals surface area contributed by atoms with Gasteiger partial charge >= 0.3 is 0 Å². The molecule has 0 saturated carbocycles. The number of rotatable bonds is 4. The summed E-state index contributed by atoms with van der Waals surface area (Å²) in [5, 5.41) is 4.96. The Balaban J connectivity index is 2.15. The van der Waals surface area contributed by atoms with Crippen LogP contribution in [0.4, 0.5) is 0 Å². The molecule has 0 radical (unpaired) electrons. The second kappa shape index (κ2) is 6.23. The molecule has 0 unspecified atom stereocenters. The minimum Gasteiger partial charge on any atom is -0.249 e. The maximum Gasteiger partial charge on any atom is 0.137 e. The summed E-state index contributed by atoms with van der Waals surface area (Å²) < 4.78 is 1.83. The summed E-state index contributed by atoms with van der Waals surface area (Å²) in [6.45, 7) is 7.28. The van der Waals surface area contributed by atoms with Gasteiger partial charge in [0.05, 0.1) is 6.54 Å². The number of benzene rings is 1. The number of aromatic nitrogens is 3. The summed E-state index contributed by atoms with van der Waals surface area (Å²) in [6, 6.07) is 6.13. The second-order valence-electron chi connectivity index (χ2n) is 5.33. The maximum atomic E-state index is 6.22. The zero-order valence-electron chi connectivity index (χ0n) is 12.9. The lowest BCUT2D eigenvalue weighted by Gasteiger charge is -2.12. The molecule has 22 heavy (non-hydrogen) atoms. The van der Waals surface area contributed by atoms with Gasteiger partial charge < -0.3 is 0 Å². The normalized spacial score (nSPS) is 11.1. The van der Waals surface area contributed by atoms with Crippen molar-refractivity contribution in [3.63, 3.8) is 0 Å². The topological polar surface area (TPSA) is 30.7 Å². The van der Waals surface area contributed by atoms with Crippen molar-refractivity contribution in [2.75, 3.05) is 0 Å². The van der Waals surface area contributed by atoms with Crippen LogP contribution in [0.3, 0.4) is 0 Å². The van der Waals surface area contributed by atoms with Gasteiger partial charge in [0.1, 0.15) is 12.7 Å². The Morgan fingerprint density at radius 1 is 1.27 bits per heavy atom. The molecule has 3 aromatic rings. The van der Waals surface area contributed by atoms with E-state index in [-0.39, 0.29) is 0 Å². The SMILES string of the molecule is CCc1sc(C)c(C)c1-c1ccc(Cl)cc1Cn1cncn1. The number of halogens is 1. The standard InChI is InChI=1S/C17H18ClN3S/c1-4-16-17(11(2)12(3)22-16)15-6-5-14(18)7-13(15)8-21-10-19-9-20-21/h5-7,9-10H,4,8H2,1-3H3. The quantitative estimate of drug-likeness (QED) is 0.681. The van der Waals surface area contributed by atoms with Crippen molar-refractivity contribution in [1.29, 1.82) is 0 Å². The van der Waals surface area contributed by atoms with Crippen LogP contribution in [-0.4, -0.2) is 14.8 Å². The highest BCUT2D eigenvalue weighted by Crippen LogP contribution is 2.38. The van der Waals surface area contributed by atoms with E-state index < -0.39 is 0 Å². The minimum absolute atomic E-state index is 0.674. The van der Waals surface area contributed by atoms with Gasteiger partial charge in [-0.2, -0.15) is 5.10 Å². The van der Waals surface area contributed by atoms with Crippen molar-refractivity contribution in [2.45, 2.75) is 33.7 Å². The van der Waals surface area contributed by atoms with Crippen molar-refractivity contribution < 1.29 is 0 Å². The fourth-order valence-corrected chi connectivity index (χ4v) is 4.05. The molecular formula is C17H18ClN3S. The second-order valence-corrected chi connectivity index (χ2v) is 7.08. The number of hydrogen-bond acceptors (Lipinski definition) is 3. The molecule has 0 aliphatic heterocycles. The molecule has 3 nitrogen and oxygen atoms in total. The third-order valence-electron chi connectivity index (χ3n) is 3.91.